The number of hydrogen-bond donors (Lipinski definition) is 2. The van der Waals surface area contributed by atoms with E-state index in [1.807, 2.05) is 23.1 Å². The van der Waals surface area contributed by atoms with E-state index in [1.165, 1.54) is 12.8 Å². The molecular weight excluding hydrogens is 366 g/mol. The van der Waals surface area contributed by atoms with Gasteiger partial charge in [-0.25, -0.2) is 4.98 Å². The molecule has 2 saturated heterocycles. The van der Waals surface area contributed by atoms with Gasteiger partial charge in [-0.1, -0.05) is 6.42 Å². The third-order valence-electron chi connectivity index (χ3n) is 6.17. The first-order chi connectivity index (χ1) is 14.2. The van der Waals surface area contributed by atoms with E-state index >= 15 is 0 Å². The maximum Gasteiger partial charge on any atom is 0.253 e. The largest absolute Gasteiger partial charge is 0.356 e. The molecule has 0 radical (unpaired) electrons. The molecule has 0 aliphatic carbocycles. The lowest BCUT2D eigenvalue weighted by molar-refractivity contribution is -0.122. The van der Waals surface area contributed by atoms with E-state index in [0.29, 0.717) is 24.6 Å². The second kappa shape index (κ2) is 9.39. The number of aromatic nitrogens is 2. The Morgan fingerprint density at radius 1 is 1.03 bits per heavy atom. The molecule has 2 fully saturated rings. The molecule has 1 atom stereocenters. The Balaban J connectivity index is 1.46. The first-order valence-corrected chi connectivity index (χ1v) is 10.9. The second-order valence-electron chi connectivity index (χ2n) is 8.23. The summed E-state index contributed by atoms with van der Waals surface area (Å²) >= 11 is 0. The van der Waals surface area contributed by atoms with Crippen molar-refractivity contribution in [1.82, 2.24) is 25.1 Å². The maximum absolute atomic E-state index is 13.2. The lowest BCUT2D eigenvalue weighted by atomic mass is 9.98. The van der Waals surface area contributed by atoms with E-state index < -0.39 is 0 Å². The molecule has 7 heteroatoms. The van der Waals surface area contributed by atoms with E-state index in [1.54, 1.807) is 6.33 Å². The van der Waals surface area contributed by atoms with Gasteiger partial charge in [0.25, 0.3) is 5.91 Å². The van der Waals surface area contributed by atoms with E-state index in [0.717, 1.165) is 62.9 Å². The lowest BCUT2D eigenvalue weighted by Crippen LogP contribution is -2.44. The molecule has 1 aromatic heterocycles. The molecule has 156 valence electrons. The van der Waals surface area contributed by atoms with Crippen molar-refractivity contribution in [2.45, 2.75) is 51.0 Å². The Kier molecular flexibility index (Phi) is 6.44. The topological polar surface area (TPSA) is 81.3 Å². The number of aromatic amines is 1. The summed E-state index contributed by atoms with van der Waals surface area (Å²) in [7, 11) is 0. The molecule has 0 bridgehead atoms. The number of fused-ring (bicyclic) bond motifs is 2. The van der Waals surface area contributed by atoms with Crippen LogP contribution in [0, 0.1) is 0 Å². The molecule has 29 heavy (non-hydrogen) atoms. The van der Waals surface area contributed by atoms with Crippen molar-refractivity contribution in [3.8, 4) is 0 Å². The predicted molar refractivity (Wildman–Crippen MR) is 113 cm³/mol. The minimum Gasteiger partial charge on any atom is -0.356 e. The number of rotatable bonds is 1. The number of amides is 2. The molecule has 2 N–H and O–H groups in total. The van der Waals surface area contributed by atoms with Gasteiger partial charge in [-0.15, -0.1) is 0 Å². The maximum atomic E-state index is 13.2. The van der Waals surface area contributed by atoms with Gasteiger partial charge in [0, 0.05) is 44.2 Å². The molecule has 2 aromatic rings. The highest BCUT2D eigenvalue weighted by Gasteiger charge is 2.25. The monoisotopic (exact) mass is 397 g/mol. The molecule has 7 nitrogen and oxygen atoms in total. The molecule has 1 aromatic carbocycles. The highest BCUT2D eigenvalue weighted by Crippen LogP contribution is 2.21. The van der Waals surface area contributed by atoms with E-state index in [4.69, 9.17) is 0 Å². The van der Waals surface area contributed by atoms with E-state index in [2.05, 4.69) is 20.2 Å². The fourth-order valence-corrected chi connectivity index (χ4v) is 4.56. The second-order valence-corrected chi connectivity index (χ2v) is 8.23. The summed E-state index contributed by atoms with van der Waals surface area (Å²) in [6.45, 7) is 4.17. The van der Waals surface area contributed by atoms with Gasteiger partial charge in [0.05, 0.1) is 17.4 Å². The molecule has 0 spiro atoms. The number of carbonyl (C=O) groups excluding carboxylic acids is 2. The molecule has 3 heterocycles. The van der Waals surface area contributed by atoms with Gasteiger partial charge in [0.15, 0.2) is 0 Å². The predicted octanol–water partition coefficient (Wildman–Crippen LogP) is 2.55. The SMILES string of the molecule is O=C1CC2CCCCN2CCCN(C(=O)c2ccc3nc[nH]c3c2)CCCCN1. The van der Waals surface area contributed by atoms with Crippen LogP contribution < -0.4 is 5.32 Å². The van der Waals surface area contributed by atoms with Gasteiger partial charge >= 0.3 is 0 Å². The number of hydrogen-bond acceptors (Lipinski definition) is 4. The molecular formula is C22H31N5O2. The average Bonchev–Trinajstić information content (AvgIpc) is 3.20. The van der Waals surface area contributed by atoms with Crippen LogP contribution in [-0.4, -0.2) is 70.3 Å². The van der Waals surface area contributed by atoms with E-state index in [-0.39, 0.29) is 11.8 Å². The van der Waals surface area contributed by atoms with Crippen LogP contribution >= 0.6 is 0 Å². The van der Waals surface area contributed by atoms with Crippen LogP contribution in [0.4, 0.5) is 0 Å². The van der Waals surface area contributed by atoms with Crippen LogP contribution in [0.2, 0.25) is 0 Å². The molecule has 1 unspecified atom stereocenters. The van der Waals surface area contributed by atoms with Gasteiger partial charge in [0.2, 0.25) is 5.91 Å². The highest BCUT2D eigenvalue weighted by atomic mass is 16.2. The molecule has 2 aliphatic rings. The minimum atomic E-state index is 0.0793. The average molecular weight is 398 g/mol. The number of H-pyrrole nitrogens is 1. The van der Waals surface area contributed by atoms with Gasteiger partial charge in [-0.05, 0) is 56.8 Å². The van der Waals surface area contributed by atoms with Crippen molar-refractivity contribution >= 4 is 22.8 Å². The van der Waals surface area contributed by atoms with Gasteiger partial charge < -0.3 is 15.2 Å². The first-order valence-electron chi connectivity index (χ1n) is 10.9. The Morgan fingerprint density at radius 2 is 1.86 bits per heavy atom. The number of nitrogens with zero attached hydrogens (tertiary/aromatic N) is 3. The van der Waals surface area contributed by atoms with Crippen LogP contribution in [0.15, 0.2) is 24.5 Å². The van der Waals surface area contributed by atoms with Crippen molar-refractivity contribution in [3.63, 3.8) is 0 Å². The number of imidazole rings is 1. The third-order valence-corrected chi connectivity index (χ3v) is 6.17. The smallest absolute Gasteiger partial charge is 0.253 e. The number of benzene rings is 1. The van der Waals surface area contributed by atoms with Crippen molar-refractivity contribution < 1.29 is 9.59 Å². The normalized spacial score (nSPS) is 22.8. The summed E-state index contributed by atoms with van der Waals surface area (Å²) in [5.41, 5.74) is 2.47. The fourth-order valence-electron chi connectivity index (χ4n) is 4.56. The van der Waals surface area contributed by atoms with Gasteiger partial charge in [-0.2, -0.15) is 0 Å². The van der Waals surface area contributed by atoms with Crippen molar-refractivity contribution in [3.05, 3.63) is 30.1 Å². The summed E-state index contributed by atoms with van der Waals surface area (Å²) in [6.07, 6.45) is 8.49. The van der Waals surface area contributed by atoms with Crippen molar-refractivity contribution in [2.24, 2.45) is 0 Å². The zero-order valence-corrected chi connectivity index (χ0v) is 17.0. The van der Waals surface area contributed by atoms with Crippen LogP contribution in [0.5, 0.6) is 0 Å². The van der Waals surface area contributed by atoms with Crippen LogP contribution in [-0.2, 0) is 4.79 Å². The summed E-state index contributed by atoms with van der Waals surface area (Å²) in [5, 5.41) is 3.07. The van der Waals surface area contributed by atoms with E-state index in [9.17, 15) is 9.59 Å². The standard InChI is InChI=1S/C22H31N5O2/c28-21-15-18-6-1-3-10-26(18)12-5-13-27(11-4-2-9-23-21)22(29)17-7-8-19-20(14-17)25-16-24-19/h7-8,14,16,18H,1-6,9-13,15H2,(H,23,28)(H,24,25). The Labute approximate surface area is 171 Å². The first kappa shape index (κ1) is 19.9. The summed E-state index contributed by atoms with van der Waals surface area (Å²) in [4.78, 5) is 37.2. The fraction of sp³-hybridized carbons (Fsp3) is 0.591. The van der Waals surface area contributed by atoms with Crippen LogP contribution in [0.25, 0.3) is 11.0 Å². The Hall–Kier alpha value is -2.41. The Morgan fingerprint density at radius 3 is 2.79 bits per heavy atom. The molecule has 4 rings (SSSR count). The highest BCUT2D eigenvalue weighted by molar-refractivity contribution is 5.97. The zero-order chi connectivity index (χ0) is 20.1. The Bertz CT molecular complexity index is 849. The minimum absolute atomic E-state index is 0.0793. The van der Waals surface area contributed by atoms with Crippen molar-refractivity contribution in [2.75, 3.05) is 32.7 Å². The zero-order valence-electron chi connectivity index (χ0n) is 17.0. The van der Waals surface area contributed by atoms with Crippen molar-refractivity contribution in [1.29, 1.82) is 0 Å². The van der Waals surface area contributed by atoms with Crippen LogP contribution in [0.3, 0.4) is 0 Å². The molecule has 2 amide bonds. The quantitative estimate of drug-likeness (QED) is 0.775. The van der Waals surface area contributed by atoms with Gasteiger partial charge in [0.1, 0.15) is 0 Å². The lowest BCUT2D eigenvalue weighted by Gasteiger charge is -2.35. The van der Waals surface area contributed by atoms with Gasteiger partial charge in [-0.3, -0.25) is 14.5 Å². The number of piperidine rings is 1. The summed E-state index contributed by atoms with van der Waals surface area (Å²) < 4.78 is 0. The number of carbonyl (C=O) groups is 2. The molecule has 2 aliphatic heterocycles. The molecule has 0 saturated carbocycles. The number of nitrogens with one attached hydrogen (secondary N) is 2. The third kappa shape index (κ3) is 4.96. The summed E-state index contributed by atoms with van der Waals surface area (Å²) in [5.74, 6) is 0.248. The van der Waals surface area contributed by atoms with Crippen LogP contribution in [0.1, 0.15) is 55.3 Å². The summed E-state index contributed by atoms with van der Waals surface area (Å²) in [6, 6.07) is 6.00.